The quantitative estimate of drug-likeness (QED) is 0.247. The second kappa shape index (κ2) is 19.0. The number of aliphatic carboxylic acids is 2. The zero-order chi connectivity index (χ0) is 36.1. The van der Waals surface area contributed by atoms with Crippen molar-refractivity contribution in [1.82, 2.24) is 9.80 Å². The molecule has 2 N–H and O–H groups in total. The molecule has 6 unspecified atom stereocenters. The van der Waals surface area contributed by atoms with Gasteiger partial charge in [-0.25, -0.2) is 9.59 Å². The molecule has 8 heteroatoms. The van der Waals surface area contributed by atoms with Crippen LogP contribution in [0.4, 0.5) is 0 Å². The maximum atomic E-state index is 9.55. The third-order valence-electron chi connectivity index (χ3n) is 10.9. The van der Waals surface area contributed by atoms with Crippen molar-refractivity contribution in [1.29, 1.82) is 0 Å². The SMILES string of the molecule is CCCC1(c2cccc(OC)c2)CC(C)N(C)CC1C.CCCC1(c2cccc(OC)c2)CC(C)N(C)CC1C.O=C(O)/C=C\C(=O)O. The van der Waals surface area contributed by atoms with Crippen LogP contribution in [0.25, 0.3) is 0 Å². The van der Waals surface area contributed by atoms with Gasteiger partial charge in [0.05, 0.1) is 14.2 Å². The number of nitrogens with zero attached hydrogens (tertiary/aromatic N) is 2. The normalized spacial score (nSPS) is 27.6. The number of carbonyl (C=O) groups is 2. The molecule has 2 heterocycles. The van der Waals surface area contributed by atoms with Crippen LogP contribution in [0, 0.1) is 11.8 Å². The highest BCUT2D eigenvalue weighted by molar-refractivity contribution is 5.89. The van der Waals surface area contributed by atoms with Crippen molar-refractivity contribution in [3.63, 3.8) is 0 Å². The van der Waals surface area contributed by atoms with E-state index in [0.29, 0.717) is 46.9 Å². The van der Waals surface area contributed by atoms with Crippen molar-refractivity contribution in [2.45, 2.75) is 103 Å². The first kappa shape index (κ1) is 40.8. The van der Waals surface area contributed by atoms with Gasteiger partial charge in [0, 0.05) is 48.2 Å². The van der Waals surface area contributed by atoms with E-state index in [1.54, 1.807) is 14.2 Å². The zero-order valence-electron chi connectivity index (χ0n) is 31.2. The summed E-state index contributed by atoms with van der Waals surface area (Å²) in [5.74, 6) is 0.805. The highest BCUT2D eigenvalue weighted by Crippen LogP contribution is 2.47. The molecule has 0 saturated carbocycles. The van der Waals surface area contributed by atoms with Gasteiger partial charge in [-0.2, -0.15) is 0 Å². The molecule has 2 aliphatic rings. The van der Waals surface area contributed by atoms with E-state index in [2.05, 4.69) is 102 Å². The fourth-order valence-corrected chi connectivity index (χ4v) is 8.03. The average molecular weight is 667 g/mol. The number of rotatable bonds is 10. The Labute approximate surface area is 290 Å². The number of hydrogen-bond acceptors (Lipinski definition) is 6. The van der Waals surface area contributed by atoms with Crippen LogP contribution in [0.1, 0.15) is 91.2 Å². The van der Waals surface area contributed by atoms with Crippen LogP contribution in [0.5, 0.6) is 11.5 Å². The molecular formula is C40H62N2O6. The van der Waals surface area contributed by atoms with Crippen molar-refractivity contribution >= 4 is 11.9 Å². The van der Waals surface area contributed by atoms with E-state index < -0.39 is 11.9 Å². The van der Waals surface area contributed by atoms with Crippen LogP contribution >= 0.6 is 0 Å². The summed E-state index contributed by atoms with van der Waals surface area (Å²) in [4.78, 5) is 24.1. The molecule has 4 rings (SSSR count). The van der Waals surface area contributed by atoms with E-state index in [-0.39, 0.29) is 0 Å². The molecule has 0 radical (unpaired) electrons. The number of piperidine rings is 2. The maximum absolute atomic E-state index is 9.55. The van der Waals surface area contributed by atoms with Gasteiger partial charge in [0.2, 0.25) is 0 Å². The lowest BCUT2D eigenvalue weighted by atomic mass is 9.62. The predicted molar refractivity (Wildman–Crippen MR) is 195 cm³/mol. The van der Waals surface area contributed by atoms with Gasteiger partial charge in [-0.3, -0.25) is 0 Å². The minimum absolute atomic E-state index is 0.301. The summed E-state index contributed by atoms with van der Waals surface area (Å²) >= 11 is 0. The molecule has 2 aromatic rings. The monoisotopic (exact) mass is 666 g/mol. The molecule has 0 amide bonds. The first-order valence-electron chi connectivity index (χ1n) is 17.5. The van der Waals surface area contributed by atoms with E-state index in [9.17, 15) is 9.59 Å². The topological polar surface area (TPSA) is 99.5 Å². The summed E-state index contributed by atoms with van der Waals surface area (Å²) in [5, 5.41) is 15.6. The number of carboxylic acids is 2. The van der Waals surface area contributed by atoms with Gasteiger partial charge >= 0.3 is 11.9 Å². The van der Waals surface area contributed by atoms with Crippen molar-refractivity contribution in [3.8, 4) is 11.5 Å². The number of benzene rings is 2. The number of methoxy groups -OCH3 is 2. The number of hydrogen-bond donors (Lipinski definition) is 2. The third-order valence-corrected chi connectivity index (χ3v) is 10.9. The summed E-state index contributed by atoms with van der Waals surface area (Å²) in [7, 11) is 8.02. The van der Waals surface area contributed by atoms with Crippen molar-refractivity contribution in [3.05, 3.63) is 71.8 Å². The van der Waals surface area contributed by atoms with E-state index in [1.165, 1.54) is 62.7 Å². The Kier molecular flexibility index (Phi) is 16.1. The predicted octanol–water partition coefficient (Wildman–Crippen LogP) is 7.90. The maximum Gasteiger partial charge on any atom is 0.328 e. The molecular weight excluding hydrogens is 604 g/mol. The highest BCUT2D eigenvalue weighted by Gasteiger charge is 2.44. The average Bonchev–Trinajstić information content (AvgIpc) is 3.06. The van der Waals surface area contributed by atoms with Crippen LogP contribution in [-0.4, -0.2) is 85.4 Å². The molecule has 6 atom stereocenters. The van der Waals surface area contributed by atoms with Crippen LogP contribution in [0.2, 0.25) is 0 Å². The molecule has 8 nitrogen and oxygen atoms in total. The lowest BCUT2D eigenvalue weighted by molar-refractivity contribution is -0.134. The lowest BCUT2D eigenvalue weighted by Crippen LogP contribution is -2.51. The van der Waals surface area contributed by atoms with E-state index in [0.717, 1.165) is 11.5 Å². The minimum Gasteiger partial charge on any atom is -0.497 e. The second-order valence-corrected chi connectivity index (χ2v) is 14.1. The Balaban J connectivity index is 0.000000274. The summed E-state index contributed by atoms with van der Waals surface area (Å²) in [6.45, 7) is 16.5. The van der Waals surface area contributed by atoms with E-state index in [4.69, 9.17) is 19.7 Å². The van der Waals surface area contributed by atoms with Crippen LogP contribution in [-0.2, 0) is 20.4 Å². The largest absolute Gasteiger partial charge is 0.497 e. The molecule has 268 valence electrons. The third kappa shape index (κ3) is 10.6. The van der Waals surface area contributed by atoms with E-state index in [1.807, 2.05) is 12.1 Å². The lowest BCUT2D eigenvalue weighted by Gasteiger charge is -2.49. The number of ether oxygens (including phenoxy) is 2. The Morgan fingerprint density at radius 2 is 1.08 bits per heavy atom. The molecule has 2 aliphatic heterocycles. The Morgan fingerprint density at radius 1 is 0.729 bits per heavy atom. The van der Waals surface area contributed by atoms with Gasteiger partial charge in [0.25, 0.3) is 0 Å². The molecule has 2 fully saturated rings. The molecule has 48 heavy (non-hydrogen) atoms. The standard InChI is InChI=1S/2C18H29NO.C4H4O4/c2*1-6-10-18(12-15(3)19(4)13-14(18)2)16-8-7-9-17(11-16)20-5;5-3(6)1-2-4(7)8/h2*7-9,11,14-15H,6,10,12-13H2,1-5H3;1-2H,(H,5,6)(H,7,8)/b;;2-1-. The van der Waals surface area contributed by atoms with Crippen molar-refractivity contribution in [2.75, 3.05) is 41.4 Å². The van der Waals surface area contributed by atoms with Gasteiger partial charge in [0.1, 0.15) is 11.5 Å². The molecule has 2 saturated heterocycles. The zero-order valence-corrected chi connectivity index (χ0v) is 31.2. The fourth-order valence-electron chi connectivity index (χ4n) is 8.03. The summed E-state index contributed by atoms with van der Waals surface area (Å²) < 4.78 is 10.9. The van der Waals surface area contributed by atoms with Gasteiger partial charge < -0.3 is 29.5 Å². The van der Waals surface area contributed by atoms with Gasteiger partial charge in [-0.1, -0.05) is 64.8 Å². The first-order valence-corrected chi connectivity index (χ1v) is 17.5. The summed E-state index contributed by atoms with van der Waals surface area (Å²) in [6.07, 6.45) is 8.59. The molecule has 0 aliphatic carbocycles. The number of likely N-dealkylation sites (tertiary alicyclic amines) is 2. The van der Waals surface area contributed by atoms with Crippen LogP contribution < -0.4 is 9.47 Å². The van der Waals surface area contributed by atoms with Gasteiger partial charge in [-0.05, 0) is 101 Å². The Morgan fingerprint density at radius 3 is 1.38 bits per heavy atom. The number of carboxylic acid groups (broad SMARTS) is 2. The Hall–Kier alpha value is -3.36. The molecule has 0 aromatic heterocycles. The fraction of sp³-hybridized carbons (Fsp3) is 0.600. The van der Waals surface area contributed by atoms with Crippen LogP contribution in [0.3, 0.4) is 0 Å². The second-order valence-electron chi connectivity index (χ2n) is 14.1. The van der Waals surface area contributed by atoms with Gasteiger partial charge in [0.15, 0.2) is 0 Å². The Bertz CT molecular complexity index is 1230. The van der Waals surface area contributed by atoms with Crippen LogP contribution in [0.15, 0.2) is 60.7 Å². The summed E-state index contributed by atoms with van der Waals surface area (Å²) in [6, 6.07) is 18.8. The first-order chi connectivity index (χ1) is 22.7. The highest BCUT2D eigenvalue weighted by atomic mass is 16.5. The molecule has 0 spiro atoms. The van der Waals surface area contributed by atoms with Gasteiger partial charge in [-0.15, -0.1) is 0 Å². The summed E-state index contributed by atoms with van der Waals surface area (Å²) in [5.41, 5.74) is 3.53. The van der Waals surface area contributed by atoms with Crippen molar-refractivity contribution < 1.29 is 29.3 Å². The van der Waals surface area contributed by atoms with Crippen molar-refractivity contribution in [2.24, 2.45) is 11.8 Å². The molecule has 0 bridgehead atoms. The minimum atomic E-state index is -1.26. The smallest absolute Gasteiger partial charge is 0.328 e. The van der Waals surface area contributed by atoms with E-state index >= 15 is 0 Å². The molecule has 2 aromatic carbocycles.